The maximum Gasteiger partial charge on any atom is -0.0228 e. The van der Waals surface area contributed by atoms with Gasteiger partial charge >= 0.3 is 0 Å². The van der Waals surface area contributed by atoms with Crippen molar-refractivity contribution in [1.29, 1.82) is 0 Å². The number of allylic oxidation sites excluding steroid dienone is 2. The predicted octanol–water partition coefficient (Wildman–Crippen LogP) is 30.4. The molecule has 0 heterocycles. The van der Waals surface area contributed by atoms with Crippen molar-refractivity contribution in [1.82, 2.24) is 0 Å². The third kappa shape index (κ3) is 14.0. The van der Waals surface area contributed by atoms with Crippen molar-refractivity contribution in [2.45, 2.75) is 411 Å². The van der Waals surface area contributed by atoms with Crippen molar-refractivity contribution < 1.29 is 0 Å². The highest BCUT2D eigenvalue weighted by molar-refractivity contribution is 5.44. The summed E-state index contributed by atoms with van der Waals surface area (Å²) in [6.45, 7) is 0. The van der Waals surface area contributed by atoms with Crippen LogP contribution in [0.25, 0.3) is 0 Å². The van der Waals surface area contributed by atoms with Gasteiger partial charge in [0, 0.05) is 0 Å². The normalized spacial score (nSPS) is 56.8. The first-order valence-corrected chi connectivity index (χ1v) is 52.7. The molecule has 17 atom stereocenters. The fraction of sp³-hybridized carbons (Fsp3) is 0.981. The largest absolute Gasteiger partial charge is 0.0851 e. The Morgan fingerprint density at radius 1 is 0.159 bits per heavy atom. The average Bonchev–Trinajstić information content (AvgIpc) is 1.03. The summed E-state index contributed by atoms with van der Waals surface area (Å²) in [6.07, 6.45) is 104. The van der Waals surface area contributed by atoms with Crippen molar-refractivity contribution >= 4 is 0 Å². The van der Waals surface area contributed by atoms with Gasteiger partial charge in [0.05, 0.1) is 0 Å². The molecule has 0 N–H and O–H groups in total. The van der Waals surface area contributed by atoms with E-state index >= 15 is 0 Å². The molecule has 0 nitrogen and oxygen atoms in total. The highest BCUT2D eigenvalue weighted by Crippen LogP contribution is 3.01. The lowest BCUT2D eigenvalue weighted by molar-refractivity contribution is -0.565. The first-order chi connectivity index (χ1) is 53.0. The lowest BCUT2D eigenvalue weighted by Gasteiger charge is -3.03. The van der Waals surface area contributed by atoms with Crippen LogP contribution in [0, 0.1) is 242 Å². The Kier molecular flexibility index (Phi) is 21.6. The fourth-order valence-corrected chi connectivity index (χ4v) is 39.9. The predicted molar refractivity (Wildman–Crippen MR) is 447 cm³/mol. The van der Waals surface area contributed by atoms with Crippen LogP contribution in [0.15, 0.2) is 12.2 Å². The SMILES string of the molecule is C12C3C4C1C1C2C3C41.C1=CC2CCC1C2.C1C2C3CC4C5CC3C1C5C24.C1C2CC3C1C3C2.C1C2CC3CC1CC(C2)C3.C1C2CC3CC1CC3C2.C1CC2C3C(C1)C23.C1CC2CC3CCCC3(C1)C2.C1CCC2C3CCC2C(C1)C3.C1CCCC1.C1CCCCC1.C1CCCCCC1.C1CCCCCCC1. The van der Waals surface area contributed by atoms with E-state index < -0.39 is 0 Å². The molecule has 38 fully saturated rings. The highest BCUT2D eigenvalue weighted by Gasteiger charge is 2.97. The van der Waals surface area contributed by atoms with E-state index in [0.717, 1.165) is 23.2 Å². The van der Waals surface area contributed by atoms with Crippen LogP contribution in [-0.4, -0.2) is 0 Å². The van der Waals surface area contributed by atoms with E-state index in [1.165, 1.54) is 405 Å². The quantitative estimate of drug-likeness (QED) is 0.168. The Bertz CT molecular complexity index is 2560. The second kappa shape index (κ2) is 31.6. The molecular weight excluding hydrogens is 1290 g/mol. The molecule has 39 aliphatic rings. The van der Waals surface area contributed by atoms with Gasteiger partial charge in [0.1, 0.15) is 0 Å². The molecule has 38 saturated carbocycles. The molecule has 39 rings (SSSR count). The topological polar surface area (TPSA) is 0 Å². The monoisotopic (exact) mass is 1460 g/mol. The number of rotatable bonds is 0. The van der Waals surface area contributed by atoms with Crippen molar-refractivity contribution in [3.8, 4) is 0 Å². The summed E-state index contributed by atoms with van der Waals surface area (Å²) >= 11 is 0. The van der Waals surface area contributed by atoms with Gasteiger partial charge in [-0.05, 0) is 441 Å². The summed E-state index contributed by atoms with van der Waals surface area (Å²) in [5, 5.41) is 0. The fourth-order valence-electron chi connectivity index (χ4n) is 39.9. The molecule has 17 unspecified atom stereocenters. The average molecular weight is 1460 g/mol. The van der Waals surface area contributed by atoms with Gasteiger partial charge in [-0.25, -0.2) is 0 Å². The summed E-state index contributed by atoms with van der Waals surface area (Å²) < 4.78 is 0. The summed E-state index contributed by atoms with van der Waals surface area (Å²) in [7, 11) is 0. The van der Waals surface area contributed by atoms with Crippen LogP contribution in [0.5, 0.6) is 0 Å². The molecule has 39 aliphatic carbocycles. The van der Waals surface area contributed by atoms with E-state index in [1.807, 2.05) is 0 Å². The first kappa shape index (κ1) is 73.1. The van der Waals surface area contributed by atoms with Crippen LogP contribution in [0.1, 0.15) is 411 Å². The van der Waals surface area contributed by atoms with Gasteiger partial charge in [0.15, 0.2) is 0 Å². The third-order valence-electron chi connectivity index (χ3n) is 44.0. The molecule has 0 radical (unpaired) electrons. The maximum atomic E-state index is 2.38. The summed E-state index contributed by atoms with van der Waals surface area (Å²) in [6, 6.07) is 0. The second-order valence-electron chi connectivity index (χ2n) is 48.8. The van der Waals surface area contributed by atoms with Crippen LogP contribution >= 0.6 is 0 Å². The van der Waals surface area contributed by atoms with E-state index in [0.29, 0.717) is 0 Å². The van der Waals surface area contributed by atoms with Gasteiger partial charge < -0.3 is 0 Å². The van der Waals surface area contributed by atoms with Crippen LogP contribution in [0.4, 0.5) is 0 Å². The van der Waals surface area contributed by atoms with Crippen LogP contribution in [0.3, 0.4) is 0 Å². The summed E-state index contributed by atoms with van der Waals surface area (Å²) in [5.41, 5.74) is 0.906. The first-order valence-electron chi connectivity index (χ1n) is 52.7. The van der Waals surface area contributed by atoms with Crippen molar-refractivity contribution in [2.24, 2.45) is 242 Å². The molecule has 0 amide bonds. The minimum atomic E-state index is 0.906. The zero-order valence-electron chi connectivity index (χ0n) is 70.0. The van der Waals surface area contributed by atoms with Gasteiger partial charge in [-0.3, -0.25) is 0 Å². The van der Waals surface area contributed by atoms with Crippen molar-refractivity contribution in [2.75, 3.05) is 0 Å². The molecule has 0 saturated heterocycles. The second-order valence-corrected chi connectivity index (χ2v) is 48.8. The molecule has 0 aromatic heterocycles. The van der Waals surface area contributed by atoms with Gasteiger partial charge in [-0.15, -0.1) is 0 Å². The molecule has 0 aliphatic heterocycles. The molecule has 24 bridgehead atoms. The molecule has 0 heteroatoms. The standard InChI is InChI=1S/C11H14.2C11H18.C10H16.C9H14.C8H8.C8H16.3C7H10.C7H14.C6H12.C5H10/c1-4-5-2-9-8(1)10-6(4)3-7(5)11(9)10;1-3-9-7-10-4-2-6-11(10,5-1)8-9;1-2-4-10-9-5-6-11(10)8(3-1)7-9;1-7-2-9-4-8(1)5-10(3-7)6-9;1-6-2-8-4-7(1)5-9(8)3-6;1-2-5-3(1)7-4(1)6(2)8(5)7;1-2-4-6-8-7-5-3-1;1-4-2-6-5(1)7(6)3-4;1-2-4-6-5(3-1)7(4)6;1-2-7-4-3-6(1)5-7;1-2-4-6-7-5-3-1;1-2-4-6-5-3-1;1-2-4-5-3-1/h4-11H,1-3H2;9-10H,1-8H2;8-11H,1-7H2;7-10H,1-6H2;6-9H,1-5H2;1-8H;1-8H2;2*4-7H,1-3H2;1-2,6-7H,3-5H2;1-7H2;1-6H2;1-5H2. The Hall–Kier alpha value is -0.260. The smallest absolute Gasteiger partial charge is 0.0228 e. The molecule has 0 aromatic carbocycles. The molecular formula is C107H170. The Labute approximate surface area is 661 Å². The number of hydrogen-bond acceptors (Lipinski definition) is 0. The van der Waals surface area contributed by atoms with E-state index in [2.05, 4.69) is 12.2 Å². The lowest BCUT2D eigenvalue weighted by atomic mass is 9.01. The van der Waals surface area contributed by atoms with Gasteiger partial charge in [0.2, 0.25) is 0 Å². The highest BCUT2D eigenvalue weighted by atomic mass is 15.0. The van der Waals surface area contributed by atoms with Crippen molar-refractivity contribution in [3.63, 3.8) is 0 Å². The lowest BCUT2D eigenvalue weighted by Crippen LogP contribution is -3.00. The molecule has 598 valence electrons. The van der Waals surface area contributed by atoms with E-state index in [1.54, 1.807) is 225 Å². The van der Waals surface area contributed by atoms with Gasteiger partial charge in [0.25, 0.3) is 0 Å². The number of fused-ring (bicyclic) bond motifs is 7. The van der Waals surface area contributed by atoms with Crippen LogP contribution < -0.4 is 0 Å². The van der Waals surface area contributed by atoms with Crippen molar-refractivity contribution in [3.05, 3.63) is 12.2 Å². The van der Waals surface area contributed by atoms with E-state index in [4.69, 9.17) is 0 Å². The summed E-state index contributed by atoms with van der Waals surface area (Å²) in [4.78, 5) is 0. The zero-order valence-corrected chi connectivity index (χ0v) is 70.0. The maximum absolute atomic E-state index is 2.38. The van der Waals surface area contributed by atoms with Crippen LogP contribution in [0.2, 0.25) is 0 Å². The molecule has 1 spiro atoms. The van der Waals surface area contributed by atoms with E-state index in [-0.39, 0.29) is 0 Å². The number of hydrogen-bond donors (Lipinski definition) is 0. The summed E-state index contributed by atoms with van der Waals surface area (Å²) in [5.74, 6) is 49.4. The Morgan fingerprint density at radius 2 is 0.477 bits per heavy atom. The molecule has 0 aromatic rings. The minimum absolute atomic E-state index is 0.906. The minimum Gasteiger partial charge on any atom is -0.0851 e. The van der Waals surface area contributed by atoms with E-state index in [9.17, 15) is 0 Å². The Morgan fingerprint density at radius 3 is 0.822 bits per heavy atom. The van der Waals surface area contributed by atoms with Gasteiger partial charge in [-0.1, -0.05) is 224 Å². The Balaban J connectivity index is 0.0000000725. The van der Waals surface area contributed by atoms with Gasteiger partial charge in [-0.2, -0.15) is 0 Å². The van der Waals surface area contributed by atoms with Crippen LogP contribution in [-0.2, 0) is 0 Å². The molecule has 107 heavy (non-hydrogen) atoms. The zero-order chi connectivity index (χ0) is 70.3. The third-order valence-corrected chi connectivity index (χ3v) is 44.0.